The number of hydrogen-bond acceptors (Lipinski definition) is 6. The van der Waals surface area contributed by atoms with Gasteiger partial charge in [-0.05, 0) is 37.1 Å². The highest BCUT2D eigenvalue weighted by atomic mass is 19.1. The minimum Gasteiger partial charge on any atom is -0.484 e. The number of nitriles is 1. The first kappa shape index (κ1) is 16.8. The number of nitrogens with zero attached hydrogens (tertiary/aromatic N) is 3. The first-order chi connectivity index (χ1) is 12.1. The Kier molecular flexibility index (Phi) is 4.84. The van der Waals surface area contributed by atoms with E-state index in [0.29, 0.717) is 37.6 Å². The molecule has 130 valence electrons. The number of benzene rings is 1. The summed E-state index contributed by atoms with van der Waals surface area (Å²) in [5, 5.41) is 9.26. The second-order valence-electron chi connectivity index (χ2n) is 5.78. The third-order valence-electron chi connectivity index (χ3n) is 4.12. The Balaban J connectivity index is 1.66. The number of piperidine rings is 1. The molecule has 0 unspecified atom stereocenters. The summed E-state index contributed by atoms with van der Waals surface area (Å²) in [4.78, 5) is 17.3. The molecule has 0 atom stereocenters. The van der Waals surface area contributed by atoms with Crippen LogP contribution in [-0.4, -0.2) is 24.0 Å². The molecular formula is C17H17FN4O3. The van der Waals surface area contributed by atoms with Gasteiger partial charge < -0.3 is 19.8 Å². The van der Waals surface area contributed by atoms with Gasteiger partial charge in [-0.2, -0.15) is 10.2 Å². The number of aromatic nitrogens is 1. The summed E-state index contributed by atoms with van der Waals surface area (Å²) >= 11 is 0. The van der Waals surface area contributed by atoms with Crippen molar-refractivity contribution in [2.24, 2.45) is 11.7 Å². The molecule has 0 radical (unpaired) electrons. The van der Waals surface area contributed by atoms with E-state index in [1.165, 1.54) is 24.3 Å². The molecule has 2 aromatic rings. The Morgan fingerprint density at radius 1 is 1.40 bits per heavy atom. The number of halogens is 1. The van der Waals surface area contributed by atoms with Crippen molar-refractivity contribution in [2.75, 3.05) is 18.0 Å². The predicted molar refractivity (Wildman–Crippen MR) is 86.1 cm³/mol. The van der Waals surface area contributed by atoms with Crippen LogP contribution in [0.3, 0.4) is 0 Å². The fraction of sp³-hybridized carbons (Fsp3) is 0.353. The highest BCUT2D eigenvalue weighted by Gasteiger charge is 2.27. The van der Waals surface area contributed by atoms with Crippen molar-refractivity contribution >= 4 is 11.8 Å². The molecule has 1 fully saturated rings. The van der Waals surface area contributed by atoms with Gasteiger partial charge in [-0.3, -0.25) is 4.79 Å². The fourth-order valence-corrected chi connectivity index (χ4v) is 2.75. The summed E-state index contributed by atoms with van der Waals surface area (Å²) in [5.74, 6) is 0.312. The molecular weight excluding hydrogens is 327 g/mol. The minimum atomic E-state index is -0.350. The second-order valence-corrected chi connectivity index (χ2v) is 5.78. The Labute approximate surface area is 143 Å². The quantitative estimate of drug-likeness (QED) is 0.889. The number of amides is 1. The number of nitrogens with two attached hydrogens (primary N) is 1. The lowest BCUT2D eigenvalue weighted by Crippen LogP contribution is -2.38. The third kappa shape index (κ3) is 3.88. The van der Waals surface area contributed by atoms with Gasteiger partial charge in [0.15, 0.2) is 6.61 Å². The van der Waals surface area contributed by atoms with Gasteiger partial charge in [0, 0.05) is 19.0 Å². The van der Waals surface area contributed by atoms with E-state index < -0.39 is 0 Å². The average Bonchev–Trinajstić information content (AvgIpc) is 3.04. The molecule has 0 saturated carbocycles. The van der Waals surface area contributed by atoms with E-state index in [2.05, 4.69) is 4.98 Å². The lowest BCUT2D eigenvalue weighted by molar-refractivity contribution is -0.122. The molecule has 1 aromatic carbocycles. The molecule has 3 rings (SSSR count). The normalized spacial score (nSPS) is 15.0. The maximum absolute atomic E-state index is 12.9. The van der Waals surface area contributed by atoms with Gasteiger partial charge in [-0.15, -0.1) is 0 Å². The molecule has 1 saturated heterocycles. The number of anilines is 1. The van der Waals surface area contributed by atoms with Gasteiger partial charge in [-0.25, -0.2) is 4.39 Å². The molecule has 25 heavy (non-hydrogen) atoms. The topological polar surface area (TPSA) is 105 Å². The largest absolute Gasteiger partial charge is 0.484 e. The highest BCUT2D eigenvalue weighted by molar-refractivity contribution is 5.77. The molecule has 8 heteroatoms. The van der Waals surface area contributed by atoms with E-state index in [4.69, 9.17) is 14.9 Å². The van der Waals surface area contributed by atoms with Crippen LogP contribution in [0.5, 0.6) is 5.75 Å². The lowest BCUT2D eigenvalue weighted by atomic mass is 9.96. The van der Waals surface area contributed by atoms with E-state index >= 15 is 0 Å². The standard InChI is InChI=1S/C17H17FN4O3/c18-12-1-3-13(4-2-12)24-10-15-21-14(9-19)17(25-15)22-7-5-11(6-8-22)16(20)23/h1-4,11H,5-8,10H2,(H2,20,23). The maximum atomic E-state index is 12.9. The smallest absolute Gasteiger partial charge is 0.236 e. The summed E-state index contributed by atoms with van der Waals surface area (Å²) in [6.45, 7) is 1.16. The molecule has 0 spiro atoms. The third-order valence-corrected chi connectivity index (χ3v) is 4.12. The number of carbonyl (C=O) groups is 1. The van der Waals surface area contributed by atoms with Gasteiger partial charge in [0.05, 0.1) is 0 Å². The Hall–Kier alpha value is -3.08. The molecule has 0 aliphatic carbocycles. The SMILES string of the molecule is N#Cc1nc(COc2ccc(F)cc2)oc1N1CCC(C(N)=O)CC1. The fourth-order valence-electron chi connectivity index (χ4n) is 2.75. The van der Waals surface area contributed by atoms with Crippen molar-refractivity contribution in [3.05, 3.63) is 41.7 Å². The summed E-state index contributed by atoms with van der Waals surface area (Å²) in [6.07, 6.45) is 1.23. The Morgan fingerprint density at radius 3 is 2.68 bits per heavy atom. The van der Waals surface area contributed by atoms with Crippen molar-refractivity contribution in [1.29, 1.82) is 5.26 Å². The van der Waals surface area contributed by atoms with Gasteiger partial charge >= 0.3 is 0 Å². The van der Waals surface area contributed by atoms with Crippen LogP contribution >= 0.6 is 0 Å². The number of ether oxygens (including phenoxy) is 1. The van der Waals surface area contributed by atoms with Crippen LogP contribution in [0.15, 0.2) is 28.7 Å². The number of primary amides is 1. The van der Waals surface area contributed by atoms with Crippen LogP contribution in [0.2, 0.25) is 0 Å². The predicted octanol–water partition coefficient (Wildman–Crippen LogP) is 1.97. The monoisotopic (exact) mass is 344 g/mol. The number of oxazole rings is 1. The number of rotatable bonds is 5. The number of hydrogen-bond donors (Lipinski definition) is 1. The highest BCUT2D eigenvalue weighted by Crippen LogP contribution is 2.27. The average molecular weight is 344 g/mol. The minimum absolute atomic E-state index is 0.0259. The second kappa shape index (κ2) is 7.21. The van der Waals surface area contributed by atoms with E-state index in [-0.39, 0.29) is 35.8 Å². The van der Waals surface area contributed by atoms with Gasteiger partial charge in [-0.1, -0.05) is 0 Å². The first-order valence-corrected chi connectivity index (χ1v) is 7.89. The van der Waals surface area contributed by atoms with E-state index in [0.717, 1.165) is 0 Å². The zero-order valence-corrected chi connectivity index (χ0v) is 13.4. The van der Waals surface area contributed by atoms with Gasteiger partial charge in [0.25, 0.3) is 0 Å². The summed E-state index contributed by atoms with van der Waals surface area (Å²) in [5.41, 5.74) is 5.51. The molecule has 1 aromatic heterocycles. The van der Waals surface area contributed by atoms with E-state index in [1.54, 1.807) is 0 Å². The molecule has 1 amide bonds. The number of carbonyl (C=O) groups excluding carboxylic acids is 1. The first-order valence-electron chi connectivity index (χ1n) is 7.89. The lowest BCUT2D eigenvalue weighted by Gasteiger charge is -2.30. The van der Waals surface area contributed by atoms with Crippen LogP contribution in [0, 0.1) is 23.1 Å². The van der Waals surface area contributed by atoms with Crippen molar-refractivity contribution in [3.63, 3.8) is 0 Å². The van der Waals surface area contributed by atoms with Crippen LogP contribution < -0.4 is 15.4 Å². The molecule has 2 N–H and O–H groups in total. The van der Waals surface area contributed by atoms with Crippen molar-refractivity contribution in [1.82, 2.24) is 4.98 Å². The molecule has 0 bridgehead atoms. The van der Waals surface area contributed by atoms with Crippen LogP contribution in [0.4, 0.5) is 10.3 Å². The molecule has 2 heterocycles. The van der Waals surface area contributed by atoms with Crippen LogP contribution in [0.1, 0.15) is 24.4 Å². The zero-order chi connectivity index (χ0) is 17.8. The van der Waals surface area contributed by atoms with Gasteiger partial charge in [0.1, 0.15) is 17.6 Å². The molecule has 1 aliphatic heterocycles. The molecule has 1 aliphatic rings. The summed E-state index contributed by atoms with van der Waals surface area (Å²) in [7, 11) is 0. The zero-order valence-electron chi connectivity index (χ0n) is 13.4. The van der Waals surface area contributed by atoms with E-state index in [1.807, 2.05) is 11.0 Å². The maximum Gasteiger partial charge on any atom is 0.236 e. The summed E-state index contributed by atoms with van der Waals surface area (Å²) < 4.78 is 24.0. The Bertz CT molecular complexity index is 789. The molecule has 7 nitrogen and oxygen atoms in total. The Morgan fingerprint density at radius 2 is 2.08 bits per heavy atom. The summed E-state index contributed by atoms with van der Waals surface area (Å²) in [6, 6.07) is 7.59. The van der Waals surface area contributed by atoms with Crippen LogP contribution in [0.25, 0.3) is 0 Å². The van der Waals surface area contributed by atoms with Crippen molar-refractivity contribution in [3.8, 4) is 11.8 Å². The van der Waals surface area contributed by atoms with Crippen molar-refractivity contribution in [2.45, 2.75) is 19.4 Å². The van der Waals surface area contributed by atoms with Crippen molar-refractivity contribution < 1.29 is 18.3 Å². The van der Waals surface area contributed by atoms with E-state index in [9.17, 15) is 14.4 Å². The van der Waals surface area contributed by atoms with Crippen LogP contribution in [-0.2, 0) is 11.4 Å². The van der Waals surface area contributed by atoms with Gasteiger partial charge in [0.2, 0.25) is 23.4 Å².